The molecule has 2 aromatic carbocycles. The highest BCUT2D eigenvalue weighted by atomic mass is 16.6. The lowest BCUT2D eigenvalue weighted by molar-refractivity contribution is 0.0177. The second kappa shape index (κ2) is 8.82. The lowest BCUT2D eigenvalue weighted by Gasteiger charge is -2.36. The van der Waals surface area contributed by atoms with Crippen LogP contribution in [0.25, 0.3) is 0 Å². The van der Waals surface area contributed by atoms with Crippen LogP contribution in [0.5, 0.6) is 0 Å². The number of fused-ring (bicyclic) bond motifs is 2. The summed E-state index contributed by atoms with van der Waals surface area (Å²) >= 11 is 0. The minimum absolute atomic E-state index is 0.00832. The van der Waals surface area contributed by atoms with Crippen molar-refractivity contribution in [2.24, 2.45) is 11.8 Å². The van der Waals surface area contributed by atoms with Crippen LogP contribution in [0, 0.1) is 24.2 Å². The normalized spacial score (nSPS) is 17.8. The fourth-order valence-electron chi connectivity index (χ4n) is 5.03. The van der Waals surface area contributed by atoms with E-state index in [1.807, 2.05) is 69.3 Å². The number of benzene rings is 2. The molecule has 0 radical (unpaired) electrons. The van der Waals surface area contributed by atoms with E-state index in [2.05, 4.69) is 5.92 Å². The van der Waals surface area contributed by atoms with Gasteiger partial charge in [0.15, 0.2) is 5.78 Å². The molecule has 1 saturated heterocycles. The van der Waals surface area contributed by atoms with Crippen molar-refractivity contribution < 1.29 is 14.3 Å². The maximum absolute atomic E-state index is 13.1. The van der Waals surface area contributed by atoms with Gasteiger partial charge in [0.1, 0.15) is 5.60 Å². The van der Waals surface area contributed by atoms with Crippen LogP contribution >= 0.6 is 0 Å². The predicted molar refractivity (Wildman–Crippen MR) is 126 cm³/mol. The summed E-state index contributed by atoms with van der Waals surface area (Å²) in [5.41, 5.74) is 3.10. The molecule has 4 heteroatoms. The van der Waals surface area contributed by atoms with E-state index in [-0.39, 0.29) is 23.7 Å². The quantitative estimate of drug-likeness (QED) is 0.593. The zero-order valence-corrected chi connectivity index (χ0v) is 19.1. The molecule has 4 nitrogen and oxygen atoms in total. The van der Waals surface area contributed by atoms with E-state index < -0.39 is 5.60 Å². The molecule has 1 fully saturated rings. The third kappa shape index (κ3) is 4.43. The number of nitrogens with zero attached hydrogens (tertiary/aromatic N) is 1. The number of terminal acetylenes is 1. The summed E-state index contributed by atoms with van der Waals surface area (Å²) in [4.78, 5) is 27.2. The Morgan fingerprint density at radius 1 is 1.06 bits per heavy atom. The van der Waals surface area contributed by atoms with Gasteiger partial charge < -0.3 is 9.64 Å². The molecular weight excluding hydrogens is 398 g/mol. The zero-order chi connectivity index (χ0) is 22.9. The average molecular weight is 430 g/mol. The molecule has 0 N–H and O–H groups in total. The second-order valence-electron chi connectivity index (χ2n) is 9.90. The standard InChI is InChI=1S/C28H31NO3/c1-5-20(18-19-14-16-29(17-15-19)27(31)32-28(2,3)4)25-21-10-6-8-12-23(21)26(30)24-13-9-7-11-22(24)25/h1,6-13,19-20,25H,14-18H2,2-4H3/t20-/m0/s1. The van der Waals surface area contributed by atoms with Crippen LogP contribution in [0.3, 0.4) is 0 Å². The van der Waals surface area contributed by atoms with Gasteiger partial charge >= 0.3 is 6.09 Å². The number of carbonyl (C=O) groups excluding carboxylic acids is 2. The first kappa shape index (κ1) is 22.1. The predicted octanol–water partition coefficient (Wildman–Crippen LogP) is 5.65. The molecule has 32 heavy (non-hydrogen) atoms. The smallest absolute Gasteiger partial charge is 0.410 e. The van der Waals surface area contributed by atoms with Gasteiger partial charge in [-0.25, -0.2) is 4.79 Å². The van der Waals surface area contributed by atoms with Crippen LogP contribution in [-0.2, 0) is 4.74 Å². The third-order valence-electron chi connectivity index (χ3n) is 6.55. The third-order valence-corrected chi connectivity index (χ3v) is 6.55. The molecule has 1 aliphatic carbocycles. The Morgan fingerprint density at radius 2 is 1.59 bits per heavy atom. The van der Waals surface area contributed by atoms with Crippen molar-refractivity contribution in [2.45, 2.75) is 51.6 Å². The van der Waals surface area contributed by atoms with Crippen LogP contribution < -0.4 is 0 Å². The van der Waals surface area contributed by atoms with E-state index in [0.717, 1.165) is 41.5 Å². The van der Waals surface area contributed by atoms with Crippen molar-refractivity contribution in [1.29, 1.82) is 0 Å². The van der Waals surface area contributed by atoms with E-state index in [9.17, 15) is 9.59 Å². The fourth-order valence-corrected chi connectivity index (χ4v) is 5.03. The van der Waals surface area contributed by atoms with E-state index in [4.69, 9.17) is 11.2 Å². The minimum Gasteiger partial charge on any atom is -0.444 e. The molecule has 0 aromatic heterocycles. The lowest BCUT2D eigenvalue weighted by Crippen LogP contribution is -2.42. The number of hydrogen-bond donors (Lipinski definition) is 0. The Kier molecular flexibility index (Phi) is 6.11. The molecule has 1 amide bonds. The first-order valence-corrected chi connectivity index (χ1v) is 11.4. The molecule has 0 spiro atoms. The summed E-state index contributed by atoms with van der Waals surface area (Å²) < 4.78 is 5.52. The lowest BCUT2D eigenvalue weighted by atomic mass is 9.69. The molecule has 0 bridgehead atoms. The number of amides is 1. The molecule has 1 atom stereocenters. The van der Waals surface area contributed by atoms with Gasteiger partial charge in [-0.1, -0.05) is 48.5 Å². The molecule has 166 valence electrons. The van der Waals surface area contributed by atoms with E-state index in [1.54, 1.807) is 4.90 Å². The maximum Gasteiger partial charge on any atom is 0.410 e. The first-order chi connectivity index (χ1) is 15.3. The Bertz CT molecular complexity index is 1000. The maximum atomic E-state index is 13.1. The van der Waals surface area contributed by atoms with E-state index in [0.29, 0.717) is 19.0 Å². The molecule has 1 heterocycles. The van der Waals surface area contributed by atoms with Gasteiger partial charge in [-0.2, -0.15) is 0 Å². The summed E-state index contributed by atoms with van der Waals surface area (Å²) in [6.45, 7) is 7.04. The van der Waals surface area contributed by atoms with Crippen LogP contribution in [0.4, 0.5) is 4.79 Å². The number of ketones is 1. The van der Waals surface area contributed by atoms with Crippen molar-refractivity contribution in [2.75, 3.05) is 13.1 Å². The number of ether oxygens (including phenoxy) is 1. The van der Waals surface area contributed by atoms with Gasteiger partial charge in [0.05, 0.1) is 0 Å². The van der Waals surface area contributed by atoms with Crippen molar-refractivity contribution in [3.63, 3.8) is 0 Å². The molecule has 1 aliphatic heterocycles. The second-order valence-corrected chi connectivity index (χ2v) is 9.90. The Hall–Kier alpha value is -3.06. The molecular formula is C28H31NO3. The number of rotatable bonds is 3. The van der Waals surface area contributed by atoms with Gasteiger partial charge in [-0.15, -0.1) is 12.3 Å². The van der Waals surface area contributed by atoms with Crippen molar-refractivity contribution in [3.05, 3.63) is 70.8 Å². The first-order valence-electron chi connectivity index (χ1n) is 11.4. The zero-order valence-electron chi connectivity index (χ0n) is 19.1. The van der Waals surface area contributed by atoms with Crippen LogP contribution in [0.15, 0.2) is 48.5 Å². The van der Waals surface area contributed by atoms with Crippen LogP contribution in [0.2, 0.25) is 0 Å². The minimum atomic E-state index is -0.484. The molecule has 4 rings (SSSR count). The van der Waals surface area contributed by atoms with Crippen LogP contribution in [0.1, 0.15) is 73.0 Å². The summed E-state index contributed by atoms with van der Waals surface area (Å²) in [6.07, 6.45) is 8.55. The van der Waals surface area contributed by atoms with Gasteiger partial charge in [0.2, 0.25) is 0 Å². The highest BCUT2D eigenvalue weighted by molar-refractivity contribution is 6.12. The number of hydrogen-bond acceptors (Lipinski definition) is 3. The molecule has 0 unspecified atom stereocenters. The molecule has 0 saturated carbocycles. The van der Waals surface area contributed by atoms with Gasteiger partial charge in [-0.05, 0) is 57.1 Å². The largest absolute Gasteiger partial charge is 0.444 e. The summed E-state index contributed by atoms with van der Waals surface area (Å²) in [5.74, 6) is 3.58. The Labute approximate surface area is 191 Å². The monoisotopic (exact) mass is 429 g/mol. The number of piperidine rings is 1. The topological polar surface area (TPSA) is 46.6 Å². The summed E-state index contributed by atoms with van der Waals surface area (Å²) in [7, 11) is 0. The molecule has 2 aromatic rings. The summed E-state index contributed by atoms with van der Waals surface area (Å²) in [5, 5.41) is 0. The van der Waals surface area contributed by atoms with Gasteiger partial charge in [0.25, 0.3) is 0 Å². The van der Waals surface area contributed by atoms with Crippen molar-refractivity contribution in [1.82, 2.24) is 4.90 Å². The van der Waals surface area contributed by atoms with Crippen LogP contribution in [-0.4, -0.2) is 35.5 Å². The highest BCUT2D eigenvalue weighted by Gasteiger charge is 2.36. The fraction of sp³-hybridized carbons (Fsp3) is 0.429. The number of likely N-dealkylation sites (tertiary alicyclic amines) is 1. The van der Waals surface area contributed by atoms with Gasteiger partial charge in [-0.3, -0.25) is 4.79 Å². The Balaban J connectivity index is 1.51. The average Bonchev–Trinajstić information content (AvgIpc) is 2.78. The SMILES string of the molecule is C#C[C@@H](CC1CCN(C(=O)OC(C)(C)C)CC1)C1c2ccccc2C(=O)c2ccccc21. The van der Waals surface area contributed by atoms with Crippen molar-refractivity contribution >= 4 is 11.9 Å². The van der Waals surface area contributed by atoms with Gasteiger partial charge in [0, 0.05) is 36.1 Å². The number of carbonyl (C=O) groups is 2. The van der Waals surface area contributed by atoms with E-state index in [1.165, 1.54) is 0 Å². The van der Waals surface area contributed by atoms with E-state index >= 15 is 0 Å². The summed E-state index contributed by atoms with van der Waals surface area (Å²) in [6, 6.07) is 15.7. The molecule has 2 aliphatic rings. The van der Waals surface area contributed by atoms with Crippen molar-refractivity contribution in [3.8, 4) is 12.3 Å². The highest BCUT2D eigenvalue weighted by Crippen LogP contribution is 2.43. The Morgan fingerprint density at radius 3 is 2.09 bits per heavy atom.